The van der Waals surface area contributed by atoms with E-state index in [1.165, 1.54) is 5.56 Å². The van der Waals surface area contributed by atoms with E-state index >= 15 is 0 Å². The Balaban J connectivity index is 1.61. The van der Waals surface area contributed by atoms with Gasteiger partial charge in [-0.05, 0) is 30.5 Å². The summed E-state index contributed by atoms with van der Waals surface area (Å²) >= 11 is 0. The highest BCUT2D eigenvalue weighted by molar-refractivity contribution is 5.52. The van der Waals surface area contributed by atoms with Gasteiger partial charge in [-0.1, -0.05) is 0 Å². The van der Waals surface area contributed by atoms with Crippen molar-refractivity contribution in [2.24, 2.45) is 0 Å². The largest absolute Gasteiger partial charge is 0.475 e. The molecule has 0 unspecified atom stereocenters. The highest BCUT2D eigenvalue weighted by Gasteiger charge is 2.07. The van der Waals surface area contributed by atoms with Crippen molar-refractivity contribution in [3.8, 4) is 5.88 Å². The number of anilines is 1. The lowest BCUT2D eigenvalue weighted by Crippen LogP contribution is -2.05. The number of imidazole rings is 1. The van der Waals surface area contributed by atoms with E-state index in [9.17, 15) is 0 Å². The first-order chi connectivity index (χ1) is 9.83. The zero-order chi connectivity index (χ0) is 13.8. The van der Waals surface area contributed by atoms with Crippen LogP contribution in [-0.4, -0.2) is 26.0 Å². The number of fused-ring (bicyclic) bond motifs is 1. The Kier molecular flexibility index (Phi) is 3.45. The Bertz CT molecular complexity index is 695. The summed E-state index contributed by atoms with van der Waals surface area (Å²) in [6.45, 7) is 0.571. The molecule has 0 aliphatic heterocycles. The van der Waals surface area contributed by atoms with Gasteiger partial charge in [-0.3, -0.25) is 9.38 Å². The first-order valence-electron chi connectivity index (χ1n) is 6.44. The predicted octanol–water partition coefficient (Wildman–Crippen LogP) is 1.72. The van der Waals surface area contributed by atoms with Crippen LogP contribution in [0.3, 0.4) is 0 Å². The third-order valence-corrected chi connectivity index (χ3v) is 2.96. The lowest BCUT2D eigenvalue weighted by Gasteiger charge is -2.07. The minimum Gasteiger partial charge on any atom is -0.475 e. The van der Waals surface area contributed by atoms with E-state index < -0.39 is 0 Å². The Morgan fingerprint density at radius 3 is 2.90 bits per heavy atom. The van der Waals surface area contributed by atoms with Crippen LogP contribution in [0.15, 0.2) is 43.1 Å². The van der Waals surface area contributed by atoms with Crippen LogP contribution in [0.5, 0.6) is 5.88 Å². The molecule has 0 saturated heterocycles. The van der Waals surface area contributed by atoms with Gasteiger partial charge in [-0.15, -0.1) is 0 Å². The van der Waals surface area contributed by atoms with Gasteiger partial charge in [0.2, 0.25) is 5.65 Å². The smallest absolute Gasteiger partial charge is 0.260 e. The third kappa shape index (κ3) is 2.69. The highest BCUT2D eigenvalue weighted by Crippen LogP contribution is 2.17. The minimum atomic E-state index is 0.416. The second-order valence-electron chi connectivity index (χ2n) is 4.44. The molecule has 0 amide bonds. The molecule has 3 rings (SSSR count). The molecule has 0 aliphatic carbocycles. The van der Waals surface area contributed by atoms with E-state index in [2.05, 4.69) is 15.0 Å². The number of nitrogens with zero attached hydrogens (tertiary/aromatic N) is 4. The molecule has 0 saturated carbocycles. The van der Waals surface area contributed by atoms with Gasteiger partial charge in [0.25, 0.3) is 5.88 Å². The minimum absolute atomic E-state index is 0.416. The number of hydrogen-bond donors (Lipinski definition) is 1. The van der Waals surface area contributed by atoms with Crippen molar-refractivity contribution in [3.63, 3.8) is 0 Å². The highest BCUT2D eigenvalue weighted by atomic mass is 16.5. The van der Waals surface area contributed by atoms with Crippen LogP contribution in [0, 0.1) is 0 Å². The Morgan fingerprint density at radius 2 is 2.05 bits per heavy atom. The summed E-state index contributed by atoms with van der Waals surface area (Å²) in [5, 5.41) is 0. The number of nitrogens with two attached hydrogens (primary N) is 1. The lowest BCUT2D eigenvalue weighted by atomic mass is 10.1. The molecule has 0 atom stereocenters. The lowest BCUT2D eigenvalue weighted by molar-refractivity contribution is 0.301. The molecule has 102 valence electrons. The van der Waals surface area contributed by atoms with Crippen molar-refractivity contribution in [2.45, 2.75) is 12.8 Å². The molecule has 6 nitrogen and oxygen atoms in total. The monoisotopic (exact) mass is 269 g/mol. The molecule has 3 aromatic heterocycles. The van der Waals surface area contributed by atoms with Crippen LogP contribution in [0.25, 0.3) is 5.65 Å². The molecular weight excluding hydrogens is 254 g/mol. The van der Waals surface area contributed by atoms with E-state index in [4.69, 9.17) is 10.5 Å². The average molecular weight is 269 g/mol. The number of rotatable bonds is 5. The normalized spacial score (nSPS) is 10.8. The van der Waals surface area contributed by atoms with E-state index in [1.807, 2.05) is 18.3 Å². The summed E-state index contributed by atoms with van der Waals surface area (Å²) < 4.78 is 7.50. The third-order valence-electron chi connectivity index (χ3n) is 2.96. The van der Waals surface area contributed by atoms with Gasteiger partial charge in [-0.25, -0.2) is 4.98 Å². The molecule has 0 aliphatic rings. The van der Waals surface area contributed by atoms with Crippen molar-refractivity contribution in [3.05, 3.63) is 48.7 Å². The molecule has 2 N–H and O–H groups in total. The van der Waals surface area contributed by atoms with Crippen molar-refractivity contribution in [2.75, 3.05) is 12.3 Å². The summed E-state index contributed by atoms with van der Waals surface area (Å²) in [6.07, 6.45) is 10.7. The SMILES string of the molecule is Nc1cn2ccnc2c(OCCCc2ccncc2)n1. The quantitative estimate of drug-likeness (QED) is 0.713. The summed E-state index contributed by atoms with van der Waals surface area (Å²) in [7, 11) is 0. The van der Waals surface area contributed by atoms with Crippen molar-refractivity contribution < 1.29 is 4.74 Å². The summed E-state index contributed by atoms with van der Waals surface area (Å²) in [5.74, 6) is 0.893. The molecule has 20 heavy (non-hydrogen) atoms. The average Bonchev–Trinajstić information content (AvgIpc) is 2.92. The van der Waals surface area contributed by atoms with Crippen molar-refractivity contribution in [1.29, 1.82) is 0 Å². The van der Waals surface area contributed by atoms with E-state index in [0.29, 0.717) is 24.0 Å². The maximum atomic E-state index is 5.73. The fourth-order valence-corrected chi connectivity index (χ4v) is 2.01. The van der Waals surface area contributed by atoms with Crippen LogP contribution in [0.4, 0.5) is 5.82 Å². The van der Waals surface area contributed by atoms with E-state index in [1.54, 1.807) is 29.2 Å². The molecule has 3 heterocycles. The predicted molar refractivity (Wildman–Crippen MR) is 75.5 cm³/mol. The molecule has 0 fully saturated rings. The molecule has 0 bridgehead atoms. The standard InChI is InChI=1S/C14H15N5O/c15-12-10-19-8-7-17-13(19)14(18-12)20-9-1-2-11-3-5-16-6-4-11/h3-8,10H,1-2,9,15H2. The second kappa shape index (κ2) is 5.56. The van der Waals surface area contributed by atoms with Gasteiger partial charge in [0.05, 0.1) is 12.8 Å². The molecule has 6 heteroatoms. The Morgan fingerprint density at radius 1 is 1.20 bits per heavy atom. The number of aryl methyl sites for hydroxylation is 1. The van der Waals surface area contributed by atoms with Crippen LogP contribution in [0.1, 0.15) is 12.0 Å². The maximum absolute atomic E-state index is 5.73. The molecule has 0 radical (unpaired) electrons. The van der Waals surface area contributed by atoms with Gasteiger partial charge in [0, 0.05) is 24.8 Å². The molecule has 0 aromatic carbocycles. The number of hydrogen-bond acceptors (Lipinski definition) is 5. The first-order valence-corrected chi connectivity index (χ1v) is 6.44. The van der Waals surface area contributed by atoms with Gasteiger partial charge < -0.3 is 10.5 Å². The van der Waals surface area contributed by atoms with Crippen LogP contribution >= 0.6 is 0 Å². The van der Waals surface area contributed by atoms with Gasteiger partial charge in [-0.2, -0.15) is 4.98 Å². The number of ether oxygens (including phenoxy) is 1. The summed E-state index contributed by atoms with van der Waals surface area (Å²) in [5.41, 5.74) is 7.66. The van der Waals surface area contributed by atoms with Crippen LogP contribution in [0.2, 0.25) is 0 Å². The van der Waals surface area contributed by atoms with Crippen LogP contribution < -0.4 is 10.5 Å². The van der Waals surface area contributed by atoms with Gasteiger partial charge >= 0.3 is 0 Å². The number of nitrogen functional groups attached to an aromatic ring is 1. The first kappa shape index (κ1) is 12.4. The number of pyridine rings is 1. The van der Waals surface area contributed by atoms with Crippen LogP contribution in [-0.2, 0) is 6.42 Å². The van der Waals surface area contributed by atoms with E-state index in [-0.39, 0.29) is 0 Å². The Hall–Kier alpha value is -2.63. The molecule has 0 spiro atoms. The Labute approximate surface area is 116 Å². The maximum Gasteiger partial charge on any atom is 0.260 e. The van der Waals surface area contributed by atoms with Gasteiger partial charge in [0.15, 0.2) is 0 Å². The summed E-state index contributed by atoms with van der Waals surface area (Å²) in [6, 6.07) is 4.01. The van der Waals surface area contributed by atoms with Crippen molar-refractivity contribution in [1.82, 2.24) is 19.4 Å². The molecular formula is C14H15N5O. The topological polar surface area (TPSA) is 78.3 Å². The fourth-order valence-electron chi connectivity index (χ4n) is 2.01. The fraction of sp³-hybridized carbons (Fsp3) is 0.214. The molecule has 3 aromatic rings. The number of aromatic nitrogens is 4. The zero-order valence-corrected chi connectivity index (χ0v) is 10.9. The van der Waals surface area contributed by atoms with Crippen molar-refractivity contribution >= 4 is 11.5 Å². The second-order valence-corrected chi connectivity index (χ2v) is 4.44. The van der Waals surface area contributed by atoms with Gasteiger partial charge in [0.1, 0.15) is 5.82 Å². The zero-order valence-electron chi connectivity index (χ0n) is 10.9. The summed E-state index contributed by atoms with van der Waals surface area (Å²) in [4.78, 5) is 12.4. The van der Waals surface area contributed by atoms with E-state index in [0.717, 1.165) is 12.8 Å².